The van der Waals surface area contributed by atoms with Crippen LogP contribution in [0, 0.1) is 13.8 Å². The molecule has 0 fully saturated rings. The monoisotopic (exact) mass is 338 g/mol. The van der Waals surface area contributed by atoms with Gasteiger partial charge in [0.2, 0.25) is 5.75 Å². The summed E-state index contributed by atoms with van der Waals surface area (Å²) in [5.41, 5.74) is 5.74. The van der Waals surface area contributed by atoms with Gasteiger partial charge in [0.1, 0.15) is 0 Å². The first-order chi connectivity index (χ1) is 11.9. The fraction of sp³-hybridized carbons (Fsp3) is 0.286. The molecule has 4 nitrogen and oxygen atoms in total. The minimum Gasteiger partial charge on any atom is -0.502 e. The molecular formula is C21H22O4. The van der Waals surface area contributed by atoms with Crippen LogP contribution in [0.5, 0.6) is 17.2 Å². The normalized spacial score (nSPS) is 15.2. The van der Waals surface area contributed by atoms with Crippen molar-refractivity contribution >= 4 is 11.9 Å². The van der Waals surface area contributed by atoms with Crippen molar-refractivity contribution in [2.75, 3.05) is 14.2 Å². The maximum absolute atomic E-state index is 12.9. The summed E-state index contributed by atoms with van der Waals surface area (Å²) >= 11 is 0. The molecule has 0 atom stereocenters. The number of rotatable bonds is 3. The molecule has 1 aliphatic carbocycles. The van der Waals surface area contributed by atoms with Crippen LogP contribution in [0.1, 0.15) is 39.0 Å². The van der Waals surface area contributed by atoms with E-state index < -0.39 is 0 Å². The highest BCUT2D eigenvalue weighted by Crippen LogP contribution is 2.38. The highest BCUT2D eigenvalue weighted by molar-refractivity contribution is 6.13. The van der Waals surface area contributed by atoms with E-state index in [0.717, 1.165) is 34.2 Å². The molecule has 0 spiro atoms. The van der Waals surface area contributed by atoms with E-state index in [1.807, 2.05) is 19.1 Å². The van der Waals surface area contributed by atoms with Crippen LogP contribution in [-0.2, 0) is 6.42 Å². The van der Waals surface area contributed by atoms with Crippen LogP contribution in [0.25, 0.3) is 6.08 Å². The largest absolute Gasteiger partial charge is 0.502 e. The number of Topliss-reactive ketones (excluding diaryl/α,β-unsaturated/α-hetero) is 1. The summed E-state index contributed by atoms with van der Waals surface area (Å²) in [5.74, 6) is 0.667. The number of carbonyl (C=O) groups excluding carboxylic acids is 1. The lowest BCUT2D eigenvalue weighted by molar-refractivity contribution is 0.102. The van der Waals surface area contributed by atoms with E-state index in [1.165, 1.54) is 19.8 Å². The first-order valence-electron chi connectivity index (χ1n) is 8.25. The van der Waals surface area contributed by atoms with Crippen molar-refractivity contribution in [3.63, 3.8) is 0 Å². The number of hydrogen-bond donors (Lipinski definition) is 1. The minimum atomic E-state index is -0.0429. The molecule has 0 saturated heterocycles. The second kappa shape index (κ2) is 6.63. The molecular weight excluding hydrogens is 316 g/mol. The molecule has 2 aromatic rings. The van der Waals surface area contributed by atoms with E-state index in [1.54, 1.807) is 12.1 Å². The second-order valence-electron chi connectivity index (χ2n) is 6.38. The van der Waals surface area contributed by atoms with Gasteiger partial charge >= 0.3 is 0 Å². The van der Waals surface area contributed by atoms with Crippen molar-refractivity contribution in [3.05, 3.63) is 57.7 Å². The Balaban J connectivity index is 2.04. The maximum Gasteiger partial charge on any atom is 0.200 e. The molecule has 0 bridgehead atoms. The van der Waals surface area contributed by atoms with E-state index in [4.69, 9.17) is 9.47 Å². The van der Waals surface area contributed by atoms with Gasteiger partial charge in [-0.05, 0) is 67.7 Å². The van der Waals surface area contributed by atoms with Crippen molar-refractivity contribution in [1.29, 1.82) is 0 Å². The number of methoxy groups -OCH3 is 2. The molecule has 0 aromatic heterocycles. The third kappa shape index (κ3) is 3.12. The number of ketones is 1. The molecule has 0 amide bonds. The van der Waals surface area contributed by atoms with Crippen molar-refractivity contribution in [2.45, 2.75) is 26.7 Å². The van der Waals surface area contributed by atoms with Crippen LogP contribution >= 0.6 is 0 Å². The Labute approximate surface area is 147 Å². The summed E-state index contributed by atoms with van der Waals surface area (Å²) in [4.78, 5) is 12.9. The number of hydrogen-bond acceptors (Lipinski definition) is 4. The van der Waals surface area contributed by atoms with E-state index >= 15 is 0 Å². The summed E-state index contributed by atoms with van der Waals surface area (Å²) in [6.45, 7) is 4.07. The maximum atomic E-state index is 12.9. The smallest absolute Gasteiger partial charge is 0.200 e. The van der Waals surface area contributed by atoms with Crippen LogP contribution in [0.4, 0.5) is 0 Å². The first kappa shape index (κ1) is 17.1. The number of aryl methyl sites for hydroxylation is 2. The number of phenolic OH excluding ortho intramolecular Hbond substituents is 1. The second-order valence-corrected chi connectivity index (χ2v) is 6.38. The van der Waals surface area contributed by atoms with Crippen molar-refractivity contribution in [1.82, 2.24) is 0 Å². The van der Waals surface area contributed by atoms with Gasteiger partial charge in [0.05, 0.1) is 14.2 Å². The predicted molar refractivity (Wildman–Crippen MR) is 97.8 cm³/mol. The molecule has 0 radical (unpaired) electrons. The highest BCUT2D eigenvalue weighted by Gasteiger charge is 2.23. The lowest BCUT2D eigenvalue weighted by atomic mass is 9.83. The standard InChI is InChI=1S/C21H22O4/c1-12-7-13(2)16-6-5-15(20(22)17(16)8-12)9-14-10-18(24-3)21(23)19(11-14)25-4/h7-11,23H,5-6H2,1-4H3/b15-9+. The topological polar surface area (TPSA) is 55.8 Å². The summed E-state index contributed by atoms with van der Waals surface area (Å²) in [6, 6.07) is 7.50. The Morgan fingerprint density at radius 2 is 1.64 bits per heavy atom. The van der Waals surface area contributed by atoms with Crippen LogP contribution < -0.4 is 9.47 Å². The molecule has 4 heteroatoms. The lowest BCUT2D eigenvalue weighted by Gasteiger charge is -2.20. The van der Waals surface area contributed by atoms with Gasteiger partial charge in [-0.3, -0.25) is 4.79 Å². The number of benzene rings is 2. The molecule has 0 unspecified atom stereocenters. The number of ether oxygens (including phenoxy) is 2. The van der Waals surface area contributed by atoms with Crippen molar-refractivity contribution in [2.24, 2.45) is 0 Å². The van der Waals surface area contributed by atoms with Gasteiger partial charge in [-0.2, -0.15) is 0 Å². The Morgan fingerprint density at radius 3 is 2.24 bits per heavy atom. The summed E-state index contributed by atoms with van der Waals surface area (Å²) < 4.78 is 10.4. The van der Waals surface area contributed by atoms with Gasteiger partial charge in [0.15, 0.2) is 17.3 Å². The SMILES string of the molecule is COc1cc(/C=C2\CCc3c(C)cc(C)cc3C2=O)cc(OC)c1O. The minimum absolute atomic E-state index is 0.0429. The van der Waals surface area contributed by atoms with Gasteiger partial charge in [0.25, 0.3) is 0 Å². The Kier molecular flexibility index (Phi) is 4.53. The molecule has 1 aliphatic rings. The average Bonchev–Trinajstić information content (AvgIpc) is 2.59. The highest BCUT2D eigenvalue weighted by atomic mass is 16.5. The molecule has 3 rings (SSSR count). The van der Waals surface area contributed by atoms with E-state index in [2.05, 4.69) is 13.0 Å². The van der Waals surface area contributed by atoms with Gasteiger partial charge in [0, 0.05) is 11.1 Å². The number of carbonyl (C=O) groups is 1. The number of phenols is 1. The van der Waals surface area contributed by atoms with Crippen LogP contribution in [-0.4, -0.2) is 25.1 Å². The van der Waals surface area contributed by atoms with Gasteiger partial charge in [-0.25, -0.2) is 0 Å². The first-order valence-corrected chi connectivity index (χ1v) is 8.25. The molecule has 0 aliphatic heterocycles. The zero-order chi connectivity index (χ0) is 18.1. The zero-order valence-corrected chi connectivity index (χ0v) is 15.0. The quantitative estimate of drug-likeness (QED) is 0.851. The van der Waals surface area contributed by atoms with E-state index in [0.29, 0.717) is 17.9 Å². The predicted octanol–water partition coefficient (Wildman–Crippen LogP) is 4.24. The molecule has 0 saturated carbocycles. The average molecular weight is 338 g/mol. The summed E-state index contributed by atoms with van der Waals surface area (Å²) in [7, 11) is 2.97. The van der Waals surface area contributed by atoms with E-state index in [-0.39, 0.29) is 11.5 Å². The van der Waals surface area contributed by atoms with Gasteiger partial charge < -0.3 is 14.6 Å². The van der Waals surface area contributed by atoms with Crippen LogP contribution in [0.3, 0.4) is 0 Å². The molecule has 1 N–H and O–H groups in total. The molecule has 2 aromatic carbocycles. The van der Waals surface area contributed by atoms with Crippen molar-refractivity contribution < 1.29 is 19.4 Å². The molecule has 25 heavy (non-hydrogen) atoms. The fourth-order valence-electron chi connectivity index (χ4n) is 3.41. The Bertz CT molecular complexity index is 853. The van der Waals surface area contributed by atoms with Gasteiger partial charge in [-0.15, -0.1) is 0 Å². The molecule has 130 valence electrons. The summed E-state index contributed by atoms with van der Waals surface area (Å²) in [5, 5.41) is 10.0. The van der Waals surface area contributed by atoms with Crippen LogP contribution in [0.15, 0.2) is 29.8 Å². The Morgan fingerprint density at radius 1 is 1.00 bits per heavy atom. The van der Waals surface area contributed by atoms with Gasteiger partial charge in [-0.1, -0.05) is 11.6 Å². The Hall–Kier alpha value is -2.75. The van der Waals surface area contributed by atoms with Crippen LogP contribution in [0.2, 0.25) is 0 Å². The summed E-state index contributed by atoms with van der Waals surface area (Å²) in [6.07, 6.45) is 3.40. The van der Waals surface area contributed by atoms with Crippen molar-refractivity contribution in [3.8, 4) is 17.2 Å². The third-order valence-electron chi connectivity index (χ3n) is 4.64. The number of fused-ring (bicyclic) bond motifs is 1. The fourth-order valence-corrected chi connectivity index (χ4v) is 3.41. The third-order valence-corrected chi connectivity index (χ3v) is 4.64. The molecule has 0 heterocycles. The number of aromatic hydroxyl groups is 1. The van der Waals surface area contributed by atoms with E-state index in [9.17, 15) is 9.90 Å². The lowest BCUT2D eigenvalue weighted by Crippen LogP contribution is -2.15. The number of allylic oxidation sites excluding steroid dienone is 1. The zero-order valence-electron chi connectivity index (χ0n) is 15.0.